The van der Waals surface area contributed by atoms with Gasteiger partial charge in [0.1, 0.15) is 6.61 Å². The highest BCUT2D eigenvalue weighted by Crippen LogP contribution is 2.31. The third-order valence-corrected chi connectivity index (χ3v) is 3.14. The average molecular weight is 339 g/mol. The normalized spacial score (nSPS) is 11.2. The Labute approximate surface area is 137 Å². The fourth-order valence-electron chi connectivity index (χ4n) is 1.99. The van der Waals surface area contributed by atoms with E-state index >= 15 is 0 Å². The quantitative estimate of drug-likeness (QED) is 0.631. The average Bonchev–Trinajstić information content (AvgIpc) is 2.55. The number of carbonyl (C=O) groups excluding carboxylic acids is 1. The molecule has 0 radical (unpaired) electrons. The van der Waals surface area contributed by atoms with Crippen molar-refractivity contribution in [2.45, 2.75) is 6.18 Å². The monoisotopic (exact) mass is 339 g/mol. The highest BCUT2D eigenvalue weighted by Gasteiger charge is 2.30. The zero-order chi connectivity index (χ0) is 17.6. The number of esters is 1. The number of ether oxygens (including phenoxy) is 2. The van der Waals surface area contributed by atoms with Gasteiger partial charge in [0.05, 0.1) is 23.4 Å². The van der Waals surface area contributed by atoms with E-state index in [9.17, 15) is 18.0 Å². The van der Waals surface area contributed by atoms with E-state index in [1.165, 1.54) is 25.3 Å². The maximum atomic E-state index is 12.8. The molecule has 1 N–H and O–H groups in total. The van der Waals surface area contributed by atoms with E-state index in [0.29, 0.717) is 5.69 Å². The van der Waals surface area contributed by atoms with Gasteiger partial charge in [0, 0.05) is 12.8 Å². The third-order valence-electron chi connectivity index (χ3n) is 3.14. The molecule has 0 bridgehead atoms. The molecule has 0 unspecified atom stereocenters. The van der Waals surface area contributed by atoms with Gasteiger partial charge in [-0.15, -0.1) is 0 Å². The molecule has 0 aliphatic carbocycles. The van der Waals surface area contributed by atoms with Crippen LogP contribution < -0.4 is 5.32 Å². The number of benzene rings is 2. The van der Waals surface area contributed by atoms with Crippen LogP contribution in [0.1, 0.15) is 15.9 Å². The van der Waals surface area contributed by atoms with Crippen LogP contribution in [0.5, 0.6) is 0 Å². The van der Waals surface area contributed by atoms with Crippen molar-refractivity contribution in [3.05, 3.63) is 59.7 Å². The zero-order valence-electron chi connectivity index (χ0n) is 12.9. The fourth-order valence-corrected chi connectivity index (χ4v) is 1.99. The molecule has 0 atom stereocenters. The van der Waals surface area contributed by atoms with Gasteiger partial charge in [0.2, 0.25) is 0 Å². The second kappa shape index (κ2) is 7.83. The lowest BCUT2D eigenvalue weighted by atomic mass is 10.1. The fraction of sp³-hybridized carbons (Fsp3) is 0.235. The highest BCUT2D eigenvalue weighted by atomic mass is 19.4. The van der Waals surface area contributed by atoms with Crippen molar-refractivity contribution >= 4 is 17.3 Å². The van der Waals surface area contributed by atoms with Crippen molar-refractivity contribution in [3.8, 4) is 0 Å². The molecule has 0 spiro atoms. The van der Waals surface area contributed by atoms with Crippen molar-refractivity contribution in [1.82, 2.24) is 0 Å². The SMILES string of the molecule is COCCOC(=O)c1ccccc1Nc1cccc(C(F)(F)F)c1. The molecule has 2 aromatic rings. The summed E-state index contributed by atoms with van der Waals surface area (Å²) in [6, 6.07) is 11.2. The standard InChI is InChI=1S/C17H16F3NO3/c1-23-9-10-24-16(22)14-7-2-3-8-15(14)21-13-6-4-5-12(11-13)17(18,19)20/h2-8,11,21H,9-10H2,1H3. The molecule has 2 rings (SSSR count). The van der Waals surface area contributed by atoms with Crippen molar-refractivity contribution in [1.29, 1.82) is 0 Å². The van der Waals surface area contributed by atoms with Crippen molar-refractivity contribution in [2.75, 3.05) is 25.6 Å². The summed E-state index contributed by atoms with van der Waals surface area (Å²) in [5.41, 5.74) is 0.0416. The Morgan fingerprint density at radius 1 is 1.08 bits per heavy atom. The topological polar surface area (TPSA) is 47.6 Å². The van der Waals surface area contributed by atoms with E-state index in [-0.39, 0.29) is 24.5 Å². The second-order valence-electron chi connectivity index (χ2n) is 4.88. The highest BCUT2D eigenvalue weighted by molar-refractivity contribution is 5.96. The number of methoxy groups -OCH3 is 1. The van der Waals surface area contributed by atoms with Crippen LogP contribution in [0, 0.1) is 0 Å². The Morgan fingerprint density at radius 3 is 2.54 bits per heavy atom. The Bertz CT molecular complexity index is 701. The minimum absolute atomic E-state index is 0.0905. The van der Waals surface area contributed by atoms with Gasteiger partial charge in [-0.1, -0.05) is 18.2 Å². The van der Waals surface area contributed by atoms with Crippen LogP contribution in [0.4, 0.5) is 24.5 Å². The molecular formula is C17H16F3NO3. The number of halogens is 3. The van der Waals surface area contributed by atoms with Crippen LogP contribution >= 0.6 is 0 Å². The van der Waals surface area contributed by atoms with E-state index in [1.54, 1.807) is 18.2 Å². The summed E-state index contributed by atoms with van der Waals surface area (Å²) in [7, 11) is 1.48. The summed E-state index contributed by atoms with van der Waals surface area (Å²) in [5.74, 6) is -0.581. The number of anilines is 2. The maximum absolute atomic E-state index is 12.8. The van der Waals surface area contributed by atoms with Gasteiger partial charge in [-0.25, -0.2) is 4.79 Å². The summed E-state index contributed by atoms with van der Waals surface area (Å²) in [6.07, 6.45) is -4.43. The first-order valence-electron chi connectivity index (χ1n) is 7.11. The first-order valence-corrected chi connectivity index (χ1v) is 7.11. The molecule has 0 saturated carbocycles. The molecule has 128 valence electrons. The lowest BCUT2D eigenvalue weighted by molar-refractivity contribution is -0.137. The Balaban J connectivity index is 2.20. The molecule has 0 heterocycles. The Hall–Kier alpha value is -2.54. The van der Waals surface area contributed by atoms with Gasteiger partial charge >= 0.3 is 12.1 Å². The van der Waals surface area contributed by atoms with E-state index in [2.05, 4.69) is 5.32 Å². The molecule has 2 aromatic carbocycles. The molecule has 0 saturated heterocycles. The second-order valence-corrected chi connectivity index (χ2v) is 4.88. The van der Waals surface area contributed by atoms with Crippen molar-refractivity contribution < 1.29 is 27.4 Å². The van der Waals surface area contributed by atoms with Crippen molar-refractivity contribution in [3.63, 3.8) is 0 Å². The van der Waals surface area contributed by atoms with Gasteiger partial charge in [-0.05, 0) is 30.3 Å². The number of para-hydroxylation sites is 1. The number of rotatable bonds is 6. The van der Waals surface area contributed by atoms with Crippen LogP contribution in [-0.4, -0.2) is 26.3 Å². The first kappa shape index (κ1) is 17.8. The van der Waals surface area contributed by atoms with E-state index in [0.717, 1.165) is 12.1 Å². The van der Waals surface area contributed by atoms with E-state index in [4.69, 9.17) is 9.47 Å². The van der Waals surface area contributed by atoms with Gasteiger partial charge in [-0.3, -0.25) is 0 Å². The van der Waals surface area contributed by atoms with E-state index in [1.807, 2.05) is 0 Å². The first-order chi connectivity index (χ1) is 11.4. The molecular weight excluding hydrogens is 323 g/mol. The molecule has 0 aromatic heterocycles. The Kier molecular flexibility index (Phi) is 5.81. The molecule has 7 heteroatoms. The minimum Gasteiger partial charge on any atom is -0.460 e. The molecule has 0 amide bonds. The lowest BCUT2D eigenvalue weighted by Gasteiger charge is -2.13. The summed E-state index contributed by atoms with van der Waals surface area (Å²) >= 11 is 0. The lowest BCUT2D eigenvalue weighted by Crippen LogP contribution is -2.12. The summed E-state index contributed by atoms with van der Waals surface area (Å²) in [5, 5.41) is 2.82. The number of hydrogen-bond donors (Lipinski definition) is 1. The number of nitrogens with one attached hydrogen (secondary N) is 1. The van der Waals surface area contributed by atoms with Crippen LogP contribution in [0.15, 0.2) is 48.5 Å². The van der Waals surface area contributed by atoms with Gasteiger partial charge in [-0.2, -0.15) is 13.2 Å². The minimum atomic E-state index is -4.43. The van der Waals surface area contributed by atoms with Gasteiger partial charge in [0.15, 0.2) is 0 Å². The van der Waals surface area contributed by atoms with Crippen LogP contribution in [-0.2, 0) is 15.7 Å². The van der Waals surface area contributed by atoms with Gasteiger partial charge in [0.25, 0.3) is 0 Å². The van der Waals surface area contributed by atoms with Crippen LogP contribution in [0.25, 0.3) is 0 Å². The number of alkyl halides is 3. The molecule has 0 aliphatic rings. The predicted octanol–water partition coefficient (Wildman–Crippen LogP) is 4.25. The van der Waals surface area contributed by atoms with Crippen molar-refractivity contribution in [2.24, 2.45) is 0 Å². The summed E-state index contributed by atoms with van der Waals surface area (Å²) in [6.45, 7) is 0.349. The predicted molar refractivity (Wildman–Crippen MR) is 83.3 cm³/mol. The van der Waals surface area contributed by atoms with Crippen LogP contribution in [0.3, 0.4) is 0 Å². The largest absolute Gasteiger partial charge is 0.460 e. The molecule has 0 aliphatic heterocycles. The molecule has 24 heavy (non-hydrogen) atoms. The smallest absolute Gasteiger partial charge is 0.416 e. The molecule has 0 fully saturated rings. The maximum Gasteiger partial charge on any atom is 0.416 e. The number of hydrogen-bond acceptors (Lipinski definition) is 4. The third kappa shape index (κ3) is 4.73. The number of carbonyl (C=O) groups is 1. The van der Waals surface area contributed by atoms with E-state index < -0.39 is 17.7 Å². The molecule has 4 nitrogen and oxygen atoms in total. The summed E-state index contributed by atoms with van der Waals surface area (Å²) in [4.78, 5) is 12.1. The van der Waals surface area contributed by atoms with Gasteiger partial charge < -0.3 is 14.8 Å². The Morgan fingerprint density at radius 2 is 1.83 bits per heavy atom. The summed E-state index contributed by atoms with van der Waals surface area (Å²) < 4.78 is 48.2. The zero-order valence-corrected chi connectivity index (χ0v) is 12.9. The van der Waals surface area contributed by atoms with Crippen LogP contribution in [0.2, 0.25) is 0 Å².